The fraction of sp³-hybridized carbons (Fsp3) is 0.533. The molecule has 0 amide bonds. The minimum atomic E-state index is -4.45. The number of rotatable bonds is 3. The third-order valence-electron chi connectivity index (χ3n) is 3.85. The molecule has 21 heavy (non-hydrogen) atoms. The van der Waals surface area contributed by atoms with E-state index in [1.807, 2.05) is 0 Å². The smallest absolute Gasteiger partial charge is 0.302 e. The Balaban J connectivity index is 0.00000220. The fourth-order valence-electron chi connectivity index (χ4n) is 3.00. The van der Waals surface area contributed by atoms with E-state index < -0.39 is 17.3 Å². The molecule has 2 nitrogen and oxygen atoms in total. The second-order valence-corrected chi connectivity index (χ2v) is 5.11. The van der Waals surface area contributed by atoms with Crippen molar-refractivity contribution in [1.82, 2.24) is 5.32 Å². The van der Waals surface area contributed by atoms with Crippen molar-refractivity contribution < 1.29 is 18.0 Å². The lowest BCUT2D eigenvalue weighted by atomic mass is 9.74. The number of benzene rings is 1. The van der Waals surface area contributed by atoms with Gasteiger partial charge in [0.25, 0.3) is 0 Å². The molecule has 0 aliphatic heterocycles. The van der Waals surface area contributed by atoms with Gasteiger partial charge in [0.05, 0.1) is 5.56 Å². The summed E-state index contributed by atoms with van der Waals surface area (Å²) in [5, 5.41) is 3.03. The van der Waals surface area contributed by atoms with Crippen molar-refractivity contribution in [2.24, 2.45) is 0 Å². The van der Waals surface area contributed by atoms with Crippen molar-refractivity contribution in [3.63, 3.8) is 0 Å². The van der Waals surface area contributed by atoms with Gasteiger partial charge in [0.1, 0.15) is 5.54 Å². The van der Waals surface area contributed by atoms with Gasteiger partial charge in [0.15, 0.2) is 5.78 Å². The summed E-state index contributed by atoms with van der Waals surface area (Å²) < 4.78 is 39.6. The molecule has 2 rings (SSSR count). The van der Waals surface area contributed by atoms with Gasteiger partial charge in [-0.1, -0.05) is 31.5 Å². The third-order valence-corrected chi connectivity index (χ3v) is 3.85. The standard InChI is InChI=1S/C15H18F3NO.ClH/c1-2-19-14(10-6-5-9-13(14)20)11-7-3-4-8-12(11)15(16,17)18;/h3-4,7-8,19H,2,5-6,9-10H2,1H3;1H. The van der Waals surface area contributed by atoms with Gasteiger partial charge in [-0.3, -0.25) is 4.79 Å². The quantitative estimate of drug-likeness (QED) is 0.909. The number of alkyl halides is 3. The van der Waals surface area contributed by atoms with E-state index in [1.54, 1.807) is 13.0 Å². The highest BCUT2D eigenvalue weighted by Crippen LogP contribution is 2.41. The number of hydrogen-bond acceptors (Lipinski definition) is 2. The predicted octanol–water partition coefficient (Wildman–Crippen LogP) is 4.08. The average molecular weight is 322 g/mol. The Morgan fingerprint density at radius 1 is 1.24 bits per heavy atom. The lowest BCUT2D eigenvalue weighted by molar-refractivity contribution is -0.140. The highest BCUT2D eigenvalue weighted by molar-refractivity contribution is 5.90. The average Bonchev–Trinajstić information content (AvgIpc) is 2.41. The number of likely N-dealkylation sites (N-methyl/N-ethyl adjacent to an activating group) is 1. The highest BCUT2D eigenvalue weighted by atomic mass is 35.5. The Kier molecular flexibility index (Phi) is 5.82. The molecule has 1 N–H and O–H groups in total. The summed E-state index contributed by atoms with van der Waals surface area (Å²) >= 11 is 0. The van der Waals surface area contributed by atoms with Crippen molar-refractivity contribution in [1.29, 1.82) is 0 Å². The largest absolute Gasteiger partial charge is 0.416 e. The van der Waals surface area contributed by atoms with E-state index in [0.29, 0.717) is 19.4 Å². The van der Waals surface area contributed by atoms with Crippen LogP contribution in [0.5, 0.6) is 0 Å². The number of carbonyl (C=O) groups is 1. The summed E-state index contributed by atoms with van der Waals surface area (Å²) in [4.78, 5) is 12.4. The Morgan fingerprint density at radius 2 is 1.90 bits per heavy atom. The van der Waals surface area contributed by atoms with E-state index in [4.69, 9.17) is 0 Å². The van der Waals surface area contributed by atoms with Gasteiger partial charge in [-0.15, -0.1) is 12.4 Å². The molecule has 0 aromatic heterocycles. The van der Waals surface area contributed by atoms with Crippen LogP contribution in [0.25, 0.3) is 0 Å². The number of carbonyl (C=O) groups excluding carboxylic acids is 1. The molecular weight excluding hydrogens is 303 g/mol. The summed E-state index contributed by atoms with van der Waals surface area (Å²) in [6.07, 6.45) is -2.19. The minimum absolute atomic E-state index is 0. The summed E-state index contributed by atoms with van der Waals surface area (Å²) in [7, 11) is 0. The molecule has 118 valence electrons. The maximum Gasteiger partial charge on any atom is 0.416 e. The molecule has 6 heteroatoms. The molecular formula is C15H19ClF3NO. The van der Waals surface area contributed by atoms with E-state index in [0.717, 1.165) is 18.9 Å². The molecule has 1 fully saturated rings. The molecule has 1 aliphatic rings. The molecule has 1 aliphatic carbocycles. The first-order chi connectivity index (χ1) is 9.42. The van der Waals surface area contributed by atoms with Crippen LogP contribution in [0.1, 0.15) is 43.7 Å². The minimum Gasteiger partial charge on any atom is -0.302 e. The van der Waals surface area contributed by atoms with Crippen LogP contribution in [0.15, 0.2) is 24.3 Å². The predicted molar refractivity (Wildman–Crippen MR) is 77.5 cm³/mol. The number of ketones is 1. The first kappa shape index (κ1) is 18.0. The van der Waals surface area contributed by atoms with Crippen LogP contribution in [0.3, 0.4) is 0 Å². The van der Waals surface area contributed by atoms with Crippen LogP contribution in [0, 0.1) is 0 Å². The lowest BCUT2D eigenvalue weighted by Gasteiger charge is -2.38. The summed E-state index contributed by atoms with van der Waals surface area (Å²) in [5.41, 5.74) is -1.82. The monoisotopic (exact) mass is 321 g/mol. The van der Waals surface area contributed by atoms with Gasteiger partial charge in [-0.25, -0.2) is 0 Å². The Bertz CT molecular complexity index is 500. The van der Waals surface area contributed by atoms with E-state index in [1.165, 1.54) is 12.1 Å². The zero-order valence-electron chi connectivity index (χ0n) is 11.8. The number of halogens is 4. The van der Waals surface area contributed by atoms with Gasteiger partial charge in [-0.05, 0) is 31.0 Å². The van der Waals surface area contributed by atoms with E-state index in [9.17, 15) is 18.0 Å². The van der Waals surface area contributed by atoms with Crippen LogP contribution >= 0.6 is 12.4 Å². The third kappa shape index (κ3) is 3.40. The normalized spacial score (nSPS) is 22.8. The molecule has 0 spiro atoms. The van der Waals surface area contributed by atoms with Gasteiger partial charge in [-0.2, -0.15) is 13.2 Å². The molecule has 1 aromatic rings. The SMILES string of the molecule is CCNC1(c2ccccc2C(F)(F)F)CCCCC1=O.Cl. The van der Waals surface area contributed by atoms with Crippen molar-refractivity contribution in [2.75, 3.05) is 6.54 Å². The van der Waals surface area contributed by atoms with E-state index in [2.05, 4.69) is 5.32 Å². The Labute approximate surface area is 128 Å². The first-order valence-electron chi connectivity index (χ1n) is 6.87. The van der Waals surface area contributed by atoms with Crippen molar-refractivity contribution in [3.05, 3.63) is 35.4 Å². The molecule has 0 saturated heterocycles. The number of Topliss-reactive ketones (excluding diaryl/α,β-unsaturated/α-hetero) is 1. The summed E-state index contributed by atoms with van der Waals surface area (Å²) in [5.74, 6) is -0.137. The second-order valence-electron chi connectivity index (χ2n) is 5.11. The molecule has 0 radical (unpaired) electrons. The zero-order valence-corrected chi connectivity index (χ0v) is 12.6. The van der Waals surface area contributed by atoms with Crippen LogP contribution < -0.4 is 5.32 Å². The van der Waals surface area contributed by atoms with Crippen LogP contribution in [-0.4, -0.2) is 12.3 Å². The molecule has 1 atom stereocenters. The van der Waals surface area contributed by atoms with Gasteiger partial charge in [0.2, 0.25) is 0 Å². The molecule has 1 aromatic carbocycles. The van der Waals surface area contributed by atoms with Gasteiger partial charge < -0.3 is 5.32 Å². The van der Waals surface area contributed by atoms with Crippen LogP contribution in [0.4, 0.5) is 13.2 Å². The number of nitrogens with one attached hydrogen (secondary N) is 1. The van der Waals surface area contributed by atoms with Crippen molar-refractivity contribution in [2.45, 2.75) is 44.3 Å². The maximum absolute atomic E-state index is 13.2. The Morgan fingerprint density at radius 3 is 2.48 bits per heavy atom. The zero-order chi connectivity index (χ0) is 14.8. The summed E-state index contributed by atoms with van der Waals surface area (Å²) in [6.45, 7) is 2.26. The van der Waals surface area contributed by atoms with Gasteiger partial charge >= 0.3 is 6.18 Å². The molecule has 1 unspecified atom stereocenters. The molecule has 0 bridgehead atoms. The molecule has 1 saturated carbocycles. The van der Waals surface area contributed by atoms with E-state index in [-0.39, 0.29) is 23.8 Å². The second kappa shape index (κ2) is 6.79. The maximum atomic E-state index is 13.2. The van der Waals surface area contributed by atoms with Crippen LogP contribution in [0.2, 0.25) is 0 Å². The number of hydrogen-bond donors (Lipinski definition) is 1. The topological polar surface area (TPSA) is 29.1 Å². The van der Waals surface area contributed by atoms with Crippen molar-refractivity contribution in [3.8, 4) is 0 Å². The first-order valence-corrected chi connectivity index (χ1v) is 6.87. The Hall–Kier alpha value is -1.07. The molecule has 0 heterocycles. The highest BCUT2D eigenvalue weighted by Gasteiger charge is 2.46. The summed E-state index contributed by atoms with van der Waals surface area (Å²) in [6, 6.07) is 5.40. The lowest BCUT2D eigenvalue weighted by Crippen LogP contribution is -2.51. The fourth-order valence-corrected chi connectivity index (χ4v) is 3.00. The van der Waals surface area contributed by atoms with Crippen molar-refractivity contribution >= 4 is 18.2 Å². The van der Waals surface area contributed by atoms with Crippen LogP contribution in [-0.2, 0) is 16.5 Å². The van der Waals surface area contributed by atoms with E-state index >= 15 is 0 Å². The van der Waals surface area contributed by atoms with Gasteiger partial charge in [0, 0.05) is 6.42 Å².